The number of nitrogens with zero attached hydrogens (tertiary/aromatic N) is 4. The second-order valence-corrected chi connectivity index (χ2v) is 7.88. The lowest BCUT2D eigenvalue weighted by molar-refractivity contribution is -0.134. The summed E-state index contributed by atoms with van der Waals surface area (Å²) in [6.07, 6.45) is 3.60. The monoisotopic (exact) mass is 384 g/mol. The van der Waals surface area contributed by atoms with Crippen molar-refractivity contribution >= 4 is 11.8 Å². The SMILES string of the molecule is CC(C)c1c(C(=O)N2CCN(C(=O)C3CC3)CC2)cnn1-c1ccc(F)cc1. The highest BCUT2D eigenvalue weighted by Gasteiger charge is 2.35. The molecule has 2 amide bonds. The second-order valence-electron chi connectivity index (χ2n) is 7.88. The topological polar surface area (TPSA) is 58.4 Å². The highest BCUT2D eigenvalue weighted by Crippen LogP contribution is 2.31. The van der Waals surface area contributed by atoms with E-state index in [0.717, 1.165) is 24.2 Å². The molecule has 2 aromatic rings. The van der Waals surface area contributed by atoms with E-state index in [1.807, 2.05) is 18.7 Å². The van der Waals surface area contributed by atoms with Crippen LogP contribution in [0.3, 0.4) is 0 Å². The number of benzene rings is 1. The number of carbonyl (C=O) groups is 2. The molecule has 0 N–H and O–H groups in total. The fraction of sp³-hybridized carbons (Fsp3) is 0.476. The van der Waals surface area contributed by atoms with E-state index in [0.29, 0.717) is 31.7 Å². The normalized spacial score (nSPS) is 17.3. The summed E-state index contributed by atoms with van der Waals surface area (Å²) in [7, 11) is 0. The number of hydrogen-bond donors (Lipinski definition) is 0. The van der Waals surface area contributed by atoms with Gasteiger partial charge in [0.1, 0.15) is 5.82 Å². The molecule has 7 heteroatoms. The van der Waals surface area contributed by atoms with Crippen LogP contribution in [0.2, 0.25) is 0 Å². The Bertz CT molecular complexity index is 878. The number of piperazine rings is 1. The highest BCUT2D eigenvalue weighted by atomic mass is 19.1. The van der Waals surface area contributed by atoms with Gasteiger partial charge in [0.2, 0.25) is 5.91 Å². The molecular weight excluding hydrogens is 359 g/mol. The molecule has 1 aromatic heterocycles. The number of amides is 2. The van der Waals surface area contributed by atoms with Crippen molar-refractivity contribution in [3.05, 3.63) is 47.5 Å². The van der Waals surface area contributed by atoms with Gasteiger partial charge in [-0.3, -0.25) is 9.59 Å². The van der Waals surface area contributed by atoms with Gasteiger partial charge in [-0.05, 0) is 43.0 Å². The van der Waals surface area contributed by atoms with Crippen molar-refractivity contribution in [3.8, 4) is 5.69 Å². The molecule has 1 saturated heterocycles. The van der Waals surface area contributed by atoms with E-state index < -0.39 is 0 Å². The first-order valence-electron chi connectivity index (χ1n) is 9.87. The van der Waals surface area contributed by atoms with Crippen LogP contribution in [0.25, 0.3) is 5.69 Å². The first-order chi connectivity index (χ1) is 13.5. The zero-order chi connectivity index (χ0) is 19.8. The second kappa shape index (κ2) is 7.37. The number of rotatable bonds is 4. The fourth-order valence-corrected chi connectivity index (χ4v) is 3.76. The maximum Gasteiger partial charge on any atom is 0.257 e. The zero-order valence-electron chi connectivity index (χ0n) is 16.3. The summed E-state index contributed by atoms with van der Waals surface area (Å²) in [4.78, 5) is 29.1. The minimum absolute atomic E-state index is 0.0596. The summed E-state index contributed by atoms with van der Waals surface area (Å²) in [6.45, 7) is 6.28. The van der Waals surface area contributed by atoms with E-state index in [9.17, 15) is 14.0 Å². The molecule has 0 atom stereocenters. The number of carbonyl (C=O) groups excluding carboxylic acids is 2. The van der Waals surface area contributed by atoms with Crippen LogP contribution in [-0.2, 0) is 4.79 Å². The average Bonchev–Trinajstić information content (AvgIpc) is 3.45. The van der Waals surface area contributed by atoms with E-state index in [2.05, 4.69) is 5.10 Å². The van der Waals surface area contributed by atoms with Crippen LogP contribution in [0.5, 0.6) is 0 Å². The summed E-state index contributed by atoms with van der Waals surface area (Å²) >= 11 is 0. The molecule has 1 aromatic carbocycles. The van der Waals surface area contributed by atoms with Crippen LogP contribution in [0.15, 0.2) is 30.5 Å². The largest absolute Gasteiger partial charge is 0.339 e. The van der Waals surface area contributed by atoms with Crippen LogP contribution < -0.4 is 0 Å². The lowest BCUT2D eigenvalue weighted by atomic mass is 10.0. The Labute approximate surface area is 163 Å². The van der Waals surface area contributed by atoms with Crippen LogP contribution in [0, 0.1) is 11.7 Å². The third-order valence-electron chi connectivity index (χ3n) is 5.46. The Balaban J connectivity index is 1.53. The first-order valence-corrected chi connectivity index (χ1v) is 9.87. The van der Waals surface area contributed by atoms with E-state index in [1.165, 1.54) is 12.1 Å². The third-order valence-corrected chi connectivity index (χ3v) is 5.46. The zero-order valence-corrected chi connectivity index (χ0v) is 16.3. The lowest BCUT2D eigenvalue weighted by Crippen LogP contribution is -2.51. The molecule has 2 heterocycles. The van der Waals surface area contributed by atoms with Gasteiger partial charge in [0.15, 0.2) is 0 Å². The molecule has 1 saturated carbocycles. The molecule has 2 fully saturated rings. The molecule has 1 aliphatic carbocycles. The highest BCUT2D eigenvalue weighted by molar-refractivity contribution is 5.95. The molecule has 2 aliphatic rings. The van der Waals surface area contributed by atoms with Crippen molar-refractivity contribution in [2.24, 2.45) is 5.92 Å². The van der Waals surface area contributed by atoms with Gasteiger partial charge in [-0.1, -0.05) is 13.8 Å². The van der Waals surface area contributed by atoms with Gasteiger partial charge < -0.3 is 9.80 Å². The van der Waals surface area contributed by atoms with Gasteiger partial charge >= 0.3 is 0 Å². The Kier molecular flexibility index (Phi) is 4.91. The summed E-state index contributed by atoms with van der Waals surface area (Å²) < 4.78 is 15.0. The van der Waals surface area contributed by atoms with Crippen LogP contribution in [0.1, 0.15) is 48.7 Å². The maximum absolute atomic E-state index is 13.3. The lowest BCUT2D eigenvalue weighted by Gasteiger charge is -2.35. The van der Waals surface area contributed by atoms with Crippen molar-refractivity contribution in [2.45, 2.75) is 32.6 Å². The summed E-state index contributed by atoms with van der Waals surface area (Å²) in [6, 6.07) is 6.09. The molecular formula is C21H25FN4O2. The molecule has 0 spiro atoms. The summed E-state index contributed by atoms with van der Waals surface area (Å²) in [5.41, 5.74) is 2.11. The van der Waals surface area contributed by atoms with Crippen molar-refractivity contribution in [3.63, 3.8) is 0 Å². The molecule has 4 rings (SSSR count). The first kappa shape index (κ1) is 18.7. The van der Waals surface area contributed by atoms with E-state index in [1.54, 1.807) is 27.9 Å². The Morgan fingerprint density at radius 3 is 2.21 bits per heavy atom. The standard InChI is InChI=1S/C21H25FN4O2/c1-14(2)19-18(13-23-26(19)17-7-5-16(22)6-8-17)21(28)25-11-9-24(10-12-25)20(27)15-3-4-15/h5-8,13-15H,3-4,9-12H2,1-2H3. The molecule has 148 valence electrons. The van der Waals surface area contributed by atoms with Crippen molar-refractivity contribution in [1.82, 2.24) is 19.6 Å². The van der Waals surface area contributed by atoms with Crippen molar-refractivity contribution in [1.29, 1.82) is 0 Å². The van der Waals surface area contributed by atoms with Gasteiger partial charge in [0.05, 0.1) is 23.1 Å². The quantitative estimate of drug-likeness (QED) is 0.815. The van der Waals surface area contributed by atoms with Gasteiger partial charge in [-0.25, -0.2) is 9.07 Å². The summed E-state index contributed by atoms with van der Waals surface area (Å²) in [5.74, 6) is 0.152. The van der Waals surface area contributed by atoms with Crippen LogP contribution >= 0.6 is 0 Å². The minimum atomic E-state index is -0.308. The molecule has 6 nitrogen and oxygen atoms in total. The number of halogens is 1. The van der Waals surface area contributed by atoms with Gasteiger partial charge in [-0.2, -0.15) is 5.10 Å². The molecule has 28 heavy (non-hydrogen) atoms. The third kappa shape index (κ3) is 3.53. The van der Waals surface area contributed by atoms with Gasteiger partial charge in [-0.15, -0.1) is 0 Å². The van der Waals surface area contributed by atoms with Crippen LogP contribution in [-0.4, -0.2) is 57.6 Å². The number of aromatic nitrogens is 2. The predicted octanol–water partition coefficient (Wildman–Crippen LogP) is 2.83. The Morgan fingerprint density at radius 2 is 1.64 bits per heavy atom. The smallest absolute Gasteiger partial charge is 0.257 e. The number of hydrogen-bond acceptors (Lipinski definition) is 3. The minimum Gasteiger partial charge on any atom is -0.339 e. The van der Waals surface area contributed by atoms with E-state index in [-0.39, 0.29) is 29.5 Å². The molecule has 0 unspecified atom stereocenters. The van der Waals surface area contributed by atoms with Crippen LogP contribution in [0.4, 0.5) is 4.39 Å². The van der Waals surface area contributed by atoms with E-state index in [4.69, 9.17) is 0 Å². The van der Waals surface area contributed by atoms with Gasteiger partial charge in [0, 0.05) is 32.1 Å². The fourth-order valence-electron chi connectivity index (χ4n) is 3.76. The van der Waals surface area contributed by atoms with E-state index >= 15 is 0 Å². The molecule has 0 radical (unpaired) electrons. The molecule has 0 bridgehead atoms. The molecule has 1 aliphatic heterocycles. The summed E-state index contributed by atoms with van der Waals surface area (Å²) in [5, 5.41) is 4.41. The van der Waals surface area contributed by atoms with Crippen molar-refractivity contribution in [2.75, 3.05) is 26.2 Å². The average molecular weight is 384 g/mol. The Hall–Kier alpha value is -2.70. The maximum atomic E-state index is 13.3. The predicted molar refractivity (Wildman–Crippen MR) is 103 cm³/mol. The Morgan fingerprint density at radius 1 is 1.04 bits per heavy atom. The van der Waals surface area contributed by atoms with Crippen molar-refractivity contribution < 1.29 is 14.0 Å². The van der Waals surface area contributed by atoms with Gasteiger partial charge in [0.25, 0.3) is 5.91 Å².